The minimum atomic E-state index is -0.345. The molecule has 0 saturated heterocycles. The van der Waals surface area contributed by atoms with Crippen molar-refractivity contribution >= 4 is 29.1 Å². The molecule has 0 heterocycles. The lowest BCUT2D eigenvalue weighted by Crippen LogP contribution is -3.15. The van der Waals surface area contributed by atoms with Gasteiger partial charge >= 0.3 is 0 Å². The summed E-state index contributed by atoms with van der Waals surface area (Å²) < 4.78 is 0. The molecule has 0 fully saturated rings. The lowest BCUT2D eigenvalue weighted by Gasteiger charge is -2.21. The molecule has 21 heavy (non-hydrogen) atoms. The summed E-state index contributed by atoms with van der Waals surface area (Å²) >= 11 is 5.88. The van der Waals surface area contributed by atoms with Crippen LogP contribution >= 0.6 is 11.6 Å². The van der Waals surface area contributed by atoms with Crippen LogP contribution in [0.3, 0.4) is 0 Å². The maximum atomic E-state index is 12.2. The van der Waals surface area contributed by atoms with Crippen molar-refractivity contribution in [3.05, 3.63) is 29.3 Å². The van der Waals surface area contributed by atoms with Gasteiger partial charge in [0.1, 0.15) is 0 Å². The van der Waals surface area contributed by atoms with Crippen LogP contribution in [0.1, 0.15) is 20.8 Å². The number of halogens is 1. The third-order valence-electron chi connectivity index (χ3n) is 3.11. The van der Waals surface area contributed by atoms with Gasteiger partial charge in [-0.25, -0.2) is 0 Å². The predicted octanol–water partition coefficient (Wildman–Crippen LogP) is 0.706. The first-order valence-corrected chi connectivity index (χ1v) is 7.35. The van der Waals surface area contributed by atoms with Crippen LogP contribution in [0.5, 0.6) is 0 Å². The Morgan fingerprint density at radius 3 is 2.52 bits per heavy atom. The first-order chi connectivity index (χ1) is 9.79. The summed E-state index contributed by atoms with van der Waals surface area (Å²) in [6.45, 7) is 5.85. The SMILES string of the molecule is CC(C)NC(=O)C[NH+](C)[C@H](C)C(=O)Nc1cccc(Cl)c1. The number of hydrogen-bond donors (Lipinski definition) is 3. The molecule has 1 unspecified atom stereocenters. The van der Waals surface area contributed by atoms with E-state index in [4.69, 9.17) is 11.6 Å². The van der Waals surface area contributed by atoms with E-state index in [9.17, 15) is 9.59 Å². The standard InChI is InChI=1S/C15H22ClN3O2/c1-10(2)17-14(20)9-19(4)11(3)15(21)18-13-7-5-6-12(16)8-13/h5-8,10-11H,9H2,1-4H3,(H,17,20)(H,18,21)/p+1/t11-/m1/s1. The maximum absolute atomic E-state index is 12.2. The highest BCUT2D eigenvalue weighted by atomic mass is 35.5. The van der Waals surface area contributed by atoms with Crippen LogP contribution < -0.4 is 15.5 Å². The lowest BCUT2D eigenvalue weighted by atomic mass is 10.2. The Bertz CT molecular complexity index is 505. The molecule has 0 aliphatic rings. The highest BCUT2D eigenvalue weighted by Crippen LogP contribution is 2.14. The molecule has 0 aliphatic carbocycles. The number of amides is 2. The van der Waals surface area contributed by atoms with E-state index in [1.54, 1.807) is 31.2 Å². The fourth-order valence-electron chi connectivity index (χ4n) is 1.82. The Hall–Kier alpha value is -1.59. The first-order valence-electron chi connectivity index (χ1n) is 6.97. The number of rotatable bonds is 6. The van der Waals surface area contributed by atoms with E-state index in [2.05, 4.69) is 10.6 Å². The van der Waals surface area contributed by atoms with Crippen molar-refractivity contribution in [1.82, 2.24) is 5.32 Å². The highest BCUT2D eigenvalue weighted by molar-refractivity contribution is 6.30. The van der Waals surface area contributed by atoms with Crippen LogP contribution in [-0.4, -0.2) is 37.5 Å². The Morgan fingerprint density at radius 1 is 1.29 bits per heavy atom. The van der Waals surface area contributed by atoms with Gasteiger partial charge in [0, 0.05) is 16.8 Å². The fourth-order valence-corrected chi connectivity index (χ4v) is 2.01. The topological polar surface area (TPSA) is 62.6 Å². The quantitative estimate of drug-likeness (QED) is 0.724. The summed E-state index contributed by atoms with van der Waals surface area (Å²) in [5, 5.41) is 6.18. The van der Waals surface area contributed by atoms with E-state index in [-0.39, 0.29) is 30.4 Å². The number of carbonyl (C=O) groups excluding carboxylic acids is 2. The van der Waals surface area contributed by atoms with Crippen molar-refractivity contribution in [2.45, 2.75) is 32.9 Å². The summed E-state index contributed by atoms with van der Waals surface area (Å²) in [6, 6.07) is 6.73. The van der Waals surface area contributed by atoms with Gasteiger partial charge in [-0.1, -0.05) is 17.7 Å². The minimum absolute atomic E-state index is 0.0649. The number of nitrogens with one attached hydrogen (secondary N) is 3. The molecular weight excluding hydrogens is 290 g/mol. The second-order valence-electron chi connectivity index (χ2n) is 5.47. The normalized spacial score (nSPS) is 13.6. The van der Waals surface area contributed by atoms with Crippen LogP contribution in [0, 0.1) is 0 Å². The molecule has 0 radical (unpaired) electrons. The molecule has 1 aromatic carbocycles. The van der Waals surface area contributed by atoms with E-state index in [0.29, 0.717) is 10.7 Å². The molecule has 1 aromatic rings. The lowest BCUT2D eigenvalue weighted by molar-refractivity contribution is -0.885. The van der Waals surface area contributed by atoms with Gasteiger partial charge in [-0.3, -0.25) is 9.59 Å². The molecule has 3 N–H and O–H groups in total. The monoisotopic (exact) mass is 312 g/mol. The van der Waals surface area contributed by atoms with E-state index >= 15 is 0 Å². The Kier molecular flexibility index (Phi) is 6.65. The molecule has 0 bridgehead atoms. The molecule has 2 amide bonds. The zero-order valence-corrected chi connectivity index (χ0v) is 13.6. The van der Waals surface area contributed by atoms with E-state index in [1.807, 2.05) is 20.9 Å². The van der Waals surface area contributed by atoms with Gasteiger partial charge in [0.15, 0.2) is 12.6 Å². The molecule has 2 atom stereocenters. The second-order valence-corrected chi connectivity index (χ2v) is 5.90. The molecule has 0 spiro atoms. The van der Waals surface area contributed by atoms with E-state index in [1.165, 1.54) is 0 Å². The molecule has 1 rings (SSSR count). The van der Waals surface area contributed by atoms with Gasteiger partial charge in [-0.05, 0) is 39.0 Å². The number of benzene rings is 1. The van der Waals surface area contributed by atoms with Crippen molar-refractivity contribution in [1.29, 1.82) is 0 Å². The largest absolute Gasteiger partial charge is 0.349 e. The Balaban J connectivity index is 2.55. The van der Waals surface area contributed by atoms with Crippen LogP contribution in [0.15, 0.2) is 24.3 Å². The molecule has 0 aliphatic heterocycles. The molecule has 5 nitrogen and oxygen atoms in total. The van der Waals surface area contributed by atoms with Crippen LogP contribution in [0.25, 0.3) is 0 Å². The molecule has 0 saturated carbocycles. The van der Waals surface area contributed by atoms with Crippen molar-refractivity contribution in [2.24, 2.45) is 0 Å². The molecule has 116 valence electrons. The first kappa shape index (κ1) is 17.5. The zero-order chi connectivity index (χ0) is 16.0. The Labute approximate surface area is 130 Å². The summed E-state index contributed by atoms with van der Waals surface area (Å²) in [5.41, 5.74) is 0.652. The maximum Gasteiger partial charge on any atom is 0.282 e. The van der Waals surface area contributed by atoms with Gasteiger partial charge in [-0.15, -0.1) is 0 Å². The van der Waals surface area contributed by atoms with Gasteiger partial charge in [0.05, 0.1) is 7.05 Å². The van der Waals surface area contributed by atoms with Gasteiger partial charge in [0.25, 0.3) is 11.8 Å². The number of carbonyl (C=O) groups is 2. The van der Waals surface area contributed by atoms with Crippen LogP contribution in [0.2, 0.25) is 5.02 Å². The highest BCUT2D eigenvalue weighted by Gasteiger charge is 2.24. The molecule has 0 aromatic heterocycles. The Morgan fingerprint density at radius 2 is 1.95 bits per heavy atom. The zero-order valence-electron chi connectivity index (χ0n) is 12.9. The van der Waals surface area contributed by atoms with Crippen molar-refractivity contribution in [3.63, 3.8) is 0 Å². The summed E-state index contributed by atoms with van der Waals surface area (Å²) in [5.74, 6) is -0.211. The van der Waals surface area contributed by atoms with Crippen LogP contribution in [-0.2, 0) is 9.59 Å². The summed E-state index contributed by atoms with van der Waals surface area (Å²) in [4.78, 5) is 24.7. The molecule has 6 heteroatoms. The number of likely N-dealkylation sites (N-methyl/N-ethyl adjacent to an activating group) is 1. The van der Waals surface area contributed by atoms with Gasteiger partial charge in [-0.2, -0.15) is 0 Å². The van der Waals surface area contributed by atoms with Gasteiger partial charge < -0.3 is 15.5 Å². The third-order valence-corrected chi connectivity index (χ3v) is 3.35. The van der Waals surface area contributed by atoms with Crippen LogP contribution in [0.4, 0.5) is 5.69 Å². The summed E-state index contributed by atoms with van der Waals surface area (Å²) in [7, 11) is 1.82. The smallest absolute Gasteiger partial charge is 0.282 e. The van der Waals surface area contributed by atoms with Crippen molar-refractivity contribution in [3.8, 4) is 0 Å². The predicted molar refractivity (Wildman–Crippen MR) is 84.6 cm³/mol. The molecular formula is C15H23ClN3O2+. The van der Waals surface area contributed by atoms with Crippen molar-refractivity contribution in [2.75, 3.05) is 18.9 Å². The minimum Gasteiger partial charge on any atom is -0.349 e. The number of hydrogen-bond acceptors (Lipinski definition) is 2. The van der Waals surface area contributed by atoms with Crippen molar-refractivity contribution < 1.29 is 14.5 Å². The number of anilines is 1. The van der Waals surface area contributed by atoms with E-state index < -0.39 is 0 Å². The average Bonchev–Trinajstić information content (AvgIpc) is 2.36. The van der Waals surface area contributed by atoms with E-state index in [0.717, 1.165) is 4.90 Å². The second kappa shape index (κ2) is 8.00. The summed E-state index contributed by atoms with van der Waals surface area (Å²) in [6.07, 6.45) is 0. The average molecular weight is 313 g/mol. The number of quaternary nitrogens is 1. The third kappa shape index (κ3) is 6.14. The van der Waals surface area contributed by atoms with Gasteiger partial charge in [0.2, 0.25) is 0 Å². The fraction of sp³-hybridized carbons (Fsp3) is 0.467.